The molecule has 1 saturated heterocycles. The first-order chi connectivity index (χ1) is 16.7. The maximum atomic E-state index is 12.3. The maximum Gasteiger partial charge on any atom is 0.493 e. The van der Waals surface area contributed by atoms with Gasteiger partial charge in [0.25, 0.3) is 0 Å². The van der Waals surface area contributed by atoms with Gasteiger partial charge in [-0.25, -0.2) is 0 Å². The molecule has 0 bridgehead atoms. The Morgan fingerprint density at radius 2 is 1.86 bits per heavy atom. The highest BCUT2D eigenvalue weighted by molar-refractivity contribution is 7.15. The number of aliphatic imine (C=N–C) groups is 1. The molecule has 2 aliphatic rings. The van der Waals surface area contributed by atoms with Gasteiger partial charge in [0, 0.05) is 34.6 Å². The van der Waals surface area contributed by atoms with E-state index in [1.807, 2.05) is 35.8 Å². The molecule has 0 N–H and O–H groups in total. The van der Waals surface area contributed by atoms with E-state index in [0.29, 0.717) is 19.0 Å². The molecule has 4 heterocycles. The van der Waals surface area contributed by atoms with E-state index < -0.39 is 6.04 Å². The average molecular weight is 492 g/mol. The molecular weight excluding hydrogens is 463 g/mol. The molecular formula is C25H29BN4O4S. The number of carbonyl (C=O) groups excluding carboxylic acids is 1. The van der Waals surface area contributed by atoms with Gasteiger partial charge in [-0.1, -0.05) is 38.1 Å². The van der Waals surface area contributed by atoms with E-state index in [9.17, 15) is 4.79 Å². The van der Waals surface area contributed by atoms with Crippen LogP contribution in [0.15, 0.2) is 29.3 Å². The van der Waals surface area contributed by atoms with E-state index in [-0.39, 0.29) is 24.9 Å². The van der Waals surface area contributed by atoms with Crippen LogP contribution in [0.2, 0.25) is 0 Å². The van der Waals surface area contributed by atoms with Crippen LogP contribution in [-0.2, 0) is 18.8 Å². The monoisotopic (exact) mass is 492 g/mol. The average Bonchev–Trinajstić information content (AvgIpc) is 3.31. The molecule has 2 aliphatic heterocycles. The normalized spacial score (nSPS) is 19.0. The maximum absolute atomic E-state index is 12.3. The molecule has 1 atom stereocenters. The summed E-state index contributed by atoms with van der Waals surface area (Å²) in [5.41, 5.74) is 4.98. The summed E-state index contributed by atoms with van der Waals surface area (Å²) in [4.78, 5) is 18.6. The minimum absolute atomic E-state index is 0.0163. The Morgan fingerprint density at radius 1 is 1.17 bits per heavy atom. The lowest BCUT2D eigenvalue weighted by molar-refractivity contribution is -0.141. The molecule has 0 radical (unpaired) electrons. The van der Waals surface area contributed by atoms with Crippen molar-refractivity contribution in [3.05, 3.63) is 57.5 Å². The molecule has 8 nitrogen and oxygen atoms in total. The van der Waals surface area contributed by atoms with Crippen LogP contribution in [0, 0.1) is 26.2 Å². The number of fused-ring (bicyclic) bond motifs is 3. The van der Waals surface area contributed by atoms with Crippen molar-refractivity contribution in [1.29, 1.82) is 0 Å². The number of esters is 1. The van der Waals surface area contributed by atoms with Crippen LogP contribution < -0.4 is 5.46 Å². The highest BCUT2D eigenvalue weighted by atomic mass is 32.1. The number of benzene rings is 1. The van der Waals surface area contributed by atoms with Gasteiger partial charge >= 0.3 is 13.1 Å². The van der Waals surface area contributed by atoms with Crippen molar-refractivity contribution in [2.45, 2.75) is 47.1 Å². The first kappa shape index (κ1) is 23.9. The fourth-order valence-electron chi connectivity index (χ4n) is 4.45. The molecule has 0 aliphatic carbocycles. The van der Waals surface area contributed by atoms with Crippen LogP contribution in [0.5, 0.6) is 0 Å². The van der Waals surface area contributed by atoms with Crippen molar-refractivity contribution in [2.75, 3.05) is 20.3 Å². The van der Waals surface area contributed by atoms with Crippen LogP contribution >= 0.6 is 11.3 Å². The second-order valence-corrected chi connectivity index (χ2v) is 11.1. The summed E-state index contributed by atoms with van der Waals surface area (Å²) in [5.74, 6) is 1.07. The van der Waals surface area contributed by atoms with Crippen molar-refractivity contribution < 1.29 is 18.8 Å². The number of hydrogen-bond acceptors (Lipinski definition) is 8. The third-order valence-corrected chi connectivity index (χ3v) is 7.73. The highest BCUT2D eigenvalue weighted by Gasteiger charge is 2.35. The summed E-state index contributed by atoms with van der Waals surface area (Å²) < 4.78 is 18.9. The second kappa shape index (κ2) is 9.00. The van der Waals surface area contributed by atoms with Gasteiger partial charge in [0.15, 0.2) is 5.82 Å². The van der Waals surface area contributed by atoms with E-state index in [1.165, 1.54) is 12.0 Å². The lowest BCUT2D eigenvalue weighted by atomic mass is 9.75. The number of nitrogens with zero attached hydrogens (tertiary/aromatic N) is 4. The van der Waals surface area contributed by atoms with Crippen LogP contribution in [0.25, 0.3) is 5.00 Å². The Labute approximate surface area is 209 Å². The second-order valence-electron chi connectivity index (χ2n) is 9.92. The Hall–Kier alpha value is -2.82. The Bertz CT molecular complexity index is 1300. The van der Waals surface area contributed by atoms with Crippen LogP contribution in [-0.4, -0.2) is 53.9 Å². The fourth-order valence-corrected chi connectivity index (χ4v) is 5.66. The summed E-state index contributed by atoms with van der Waals surface area (Å²) >= 11 is 1.69. The van der Waals surface area contributed by atoms with Gasteiger partial charge < -0.3 is 14.0 Å². The van der Waals surface area contributed by atoms with Gasteiger partial charge in [-0.05, 0) is 31.8 Å². The number of thiophene rings is 1. The molecule has 35 heavy (non-hydrogen) atoms. The molecule has 0 amide bonds. The lowest BCUT2D eigenvalue weighted by Crippen LogP contribution is -2.47. The summed E-state index contributed by atoms with van der Waals surface area (Å²) in [5, 5.41) is 9.73. The highest BCUT2D eigenvalue weighted by Crippen LogP contribution is 2.39. The topological polar surface area (TPSA) is 87.8 Å². The summed E-state index contributed by atoms with van der Waals surface area (Å²) in [6.07, 6.45) is 0.0860. The van der Waals surface area contributed by atoms with Gasteiger partial charge in [-0.15, -0.1) is 21.5 Å². The van der Waals surface area contributed by atoms with E-state index in [0.717, 1.165) is 38.7 Å². The molecule has 3 aromatic rings. The quantitative estimate of drug-likeness (QED) is 0.410. The third kappa shape index (κ3) is 4.35. The van der Waals surface area contributed by atoms with Crippen molar-refractivity contribution >= 4 is 35.6 Å². The number of carbonyl (C=O) groups is 1. The van der Waals surface area contributed by atoms with Crippen LogP contribution in [0.4, 0.5) is 0 Å². The standard InChI is InChI=1S/C25H29BN4O4S/c1-14-15(2)35-24-21(14)22(27-19(11-20(31)32-6)23-29-28-16(3)30(23)24)17-7-9-18(10-8-17)26-33-12-25(4,5)13-34-26/h7-10,19H,11-13H2,1-6H3/t19-/m0/s1. The van der Waals surface area contributed by atoms with E-state index >= 15 is 0 Å². The first-order valence-electron chi connectivity index (χ1n) is 11.7. The van der Waals surface area contributed by atoms with E-state index in [2.05, 4.69) is 37.9 Å². The first-order valence-corrected chi connectivity index (χ1v) is 12.5. The summed E-state index contributed by atoms with van der Waals surface area (Å²) in [6, 6.07) is 7.64. The Balaban J connectivity index is 1.58. The number of ether oxygens (including phenoxy) is 1. The SMILES string of the molecule is COC(=O)C[C@@H]1N=C(c2ccc(B3OCC(C)(C)CO3)cc2)c2c(sc(C)c2C)-n2c(C)nnc21. The van der Waals surface area contributed by atoms with Crippen LogP contribution in [0.3, 0.4) is 0 Å². The summed E-state index contributed by atoms with van der Waals surface area (Å²) in [6.45, 7) is 11.7. The van der Waals surface area contributed by atoms with Crippen LogP contribution in [0.1, 0.15) is 59.5 Å². The zero-order chi connectivity index (χ0) is 24.9. The van der Waals surface area contributed by atoms with Gasteiger partial charge in [0.2, 0.25) is 0 Å². The molecule has 0 saturated carbocycles. The minimum atomic E-state index is -0.509. The van der Waals surface area contributed by atoms with Gasteiger partial charge in [-0.2, -0.15) is 0 Å². The van der Waals surface area contributed by atoms with Crippen molar-refractivity contribution in [1.82, 2.24) is 14.8 Å². The van der Waals surface area contributed by atoms with E-state index in [1.54, 1.807) is 11.3 Å². The third-order valence-electron chi connectivity index (χ3n) is 6.53. The number of aryl methyl sites for hydroxylation is 2. The largest absolute Gasteiger partial charge is 0.493 e. The van der Waals surface area contributed by atoms with Gasteiger partial charge in [0.1, 0.15) is 16.9 Å². The molecule has 1 fully saturated rings. The summed E-state index contributed by atoms with van der Waals surface area (Å²) in [7, 11) is 1.01. The van der Waals surface area contributed by atoms with Gasteiger partial charge in [0.05, 0.1) is 19.2 Å². The number of rotatable bonds is 4. The molecule has 0 spiro atoms. The van der Waals surface area contributed by atoms with Gasteiger partial charge in [-0.3, -0.25) is 14.4 Å². The van der Waals surface area contributed by atoms with Crippen molar-refractivity contribution in [3.8, 4) is 5.00 Å². The predicted octanol–water partition coefficient (Wildman–Crippen LogP) is 3.48. The number of aromatic nitrogens is 3. The molecule has 10 heteroatoms. The fraction of sp³-hybridized carbons (Fsp3) is 0.440. The lowest BCUT2D eigenvalue weighted by Gasteiger charge is -2.33. The molecule has 2 aromatic heterocycles. The van der Waals surface area contributed by atoms with Crippen molar-refractivity contribution in [3.63, 3.8) is 0 Å². The number of hydrogen-bond donors (Lipinski definition) is 0. The molecule has 0 unspecified atom stereocenters. The zero-order valence-corrected chi connectivity index (χ0v) is 21.7. The minimum Gasteiger partial charge on any atom is -0.469 e. The Morgan fingerprint density at radius 3 is 2.51 bits per heavy atom. The molecule has 5 rings (SSSR count). The number of methoxy groups -OCH3 is 1. The van der Waals surface area contributed by atoms with Crippen molar-refractivity contribution in [2.24, 2.45) is 10.4 Å². The molecule has 1 aromatic carbocycles. The van der Waals surface area contributed by atoms with E-state index in [4.69, 9.17) is 19.0 Å². The smallest absolute Gasteiger partial charge is 0.469 e. The zero-order valence-electron chi connectivity index (χ0n) is 20.9. The molecule has 182 valence electrons. The Kier molecular flexibility index (Phi) is 6.15. The predicted molar refractivity (Wildman–Crippen MR) is 136 cm³/mol.